The van der Waals surface area contributed by atoms with Crippen molar-refractivity contribution in [1.82, 2.24) is 15.2 Å². The summed E-state index contributed by atoms with van der Waals surface area (Å²) in [6.07, 6.45) is 0. The highest BCUT2D eigenvalue weighted by Gasteiger charge is 2.29. The molecule has 0 spiro atoms. The summed E-state index contributed by atoms with van der Waals surface area (Å²) in [5.74, 6) is 0.0891. The van der Waals surface area contributed by atoms with Crippen LogP contribution in [0, 0.1) is 0 Å². The van der Waals surface area contributed by atoms with Gasteiger partial charge in [-0.2, -0.15) is 0 Å². The van der Waals surface area contributed by atoms with Crippen LogP contribution in [0.1, 0.15) is 11.1 Å². The lowest BCUT2D eigenvalue weighted by molar-refractivity contribution is 0.106. The molecule has 9 heteroatoms. The van der Waals surface area contributed by atoms with E-state index in [1.807, 2.05) is 48.5 Å². The first-order valence-electron chi connectivity index (χ1n) is 9.93. The summed E-state index contributed by atoms with van der Waals surface area (Å²) in [6, 6.07) is 15.6. The number of hydrogen-bond acceptors (Lipinski definition) is 6. The van der Waals surface area contributed by atoms with Gasteiger partial charge >= 0.3 is 0 Å². The molecule has 31 heavy (non-hydrogen) atoms. The highest BCUT2D eigenvalue weighted by Crippen LogP contribution is 2.35. The Labute approximate surface area is 193 Å². The molecule has 0 unspecified atom stereocenters. The molecule has 3 heterocycles. The number of aromatic amines is 1. The van der Waals surface area contributed by atoms with Crippen LogP contribution in [0.2, 0.25) is 0 Å². The molecule has 0 aliphatic carbocycles. The summed E-state index contributed by atoms with van der Waals surface area (Å²) in [5, 5.41) is 19.3. The van der Waals surface area contributed by atoms with E-state index in [2.05, 4.69) is 20.4 Å². The average molecular weight is 462 g/mol. The molecule has 164 valence electrons. The zero-order valence-electron chi connectivity index (χ0n) is 16.9. The molecule has 1 saturated heterocycles. The SMILES string of the molecule is Cl.Cl.Oc1[nH]c2ccccc2c1C1=Nc2ccccc2/C1=N\OCCN1CCNCC1. The maximum absolute atomic E-state index is 10.6. The maximum Gasteiger partial charge on any atom is 0.199 e. The Morgan fingerprint density at radius 2 is 1.77 bits per heavy atom. The van der Waals surface area contributed by atoms with E-state index in [9.17, 15) is 5.11 Å². The van der Waals surface area contributed by atoms with Crippen LogP contribution in [0.25, 0.3) is 10.9 Å². The summed E-state index contributed by atoms with van der Waals surface area (Å²) in [5.41, 5.74) is 4.54. The van der Waals surface area contributed by atoms with Crippen LogP contribution in [-0.4, -0.2) is 65.7 Å². The molecule has 0 bridgehead atoms. The van der Waals surface area contributed by atoms with Gasteiger partial charge in [0.25, 0.3) is 0 Å². The number of halogens is 2. The van der Waals surface area contributed by atoms with Crippen LogP contribution in [-0.2, 0) is 4.84 Å². The number of para-hydroxylation sites is 2. The lowest BCUT2D eigenvalue weighted by Crippen LogP contribution is -2.44. The molecule has 1 fully saturated rings. The van der Waals surface area contributed by atoms with Gasteiger partial charge in [0, 0.05) is 49.2 Å². The molecule has 5 rings (SSSR count). The van der Waals surface area contributed by atoms with Crippen molar-refractivity contribution in [1.29, 1.82) is 0 Å². The second-order valence-corrected chi connectivity index (χ2v) is 7.24. The third-order valence-corrected chi connectivity index (χ3v) is 5.40. The minimum absolute atomic E-state index is 0. The van der Waals surface area contributed by atoms with Gasteiger partial charge in [0.05, 0.1) is 11.3 Å². The first kappa shape index (κ1) is 23.1. The fraction of sp³-hybridized carbons (Fsp3) is 0.273. The fourth-order valence-electron chi connectivity index (χ4n) is 3.92. The number of hydrogen-bond donors (Lipinski definition) is 3. The van der Waals surface area contributed by atoms with E-state index in [0.717, 1.165) is 54.9 Å². The van der Waals surface area contributed by atoms with Crippen LogP contribution < -0.4 is 5.32 Å². The summed E-state index contributed by atoms with van der Waals surface area (Å²) >= 11 is 0. The van der Waals surface area contributed by atoms with Gasteiger partial charge in [0.1, 0.15) is 18.0 Å². The highest BCUT2D eigenvalue weighted by molar-refractivity contribution is 6.58. The second kappa shape index (κ2) is 10.2. The molecule has 3 aromatic rings. The number of fused-ring (bicyclic) bond motifs is 2. The molecule has 2 aliphatic rings. The summed E-state index contributed by atoms with van der Waals surface area (Å²) in [4.78, 5) is 15.9. The normalized spacial score (nSPS) is 17.0. The lowest BCUT2D eigenvalue weighted by atomic mass is 10.0. The number of aromatic hydroxyl groups is 1. The fourth-order valence-corrected chi connectivity index (χ4v) is 3.92. The number of aliphatic imine (C=N–C) groups is 1. The minimum atomic E-state index is 0. The Morgan fingerprint density at radius 3 is 2.61 bits per heavy atom. The Bertz CT molecular complexity index is 1110. The molecule has 0 atom stereocenters. The van der Waals surface area contributed by atoms with Gasteiger partial charge < -0.3 is 20.2 Å². The Morgan fingerprint density at radius 1 is 1.03 bits per heavy atom. The van der Waals surface area contributed by atoms with Gasteiger partial charge in [-0.15, -0.1) is 24.8 Å². The maximum atomic E-state index is 10.6. The molecule has 2 aromatic carbocycles. The van der Waals surface area contributed by atoms with Gasteiger partial charge in [0.15, 0.2) is 5.88 Å². The van der Waals surface area contributed by atoms with E-state index in [0.29, 0.717) is 23.6 Å². The predicted octanol–water partition coefficient (Wildman–Crippen LogP) is 3.48. The number of nitrogens with one attached hydrogen (secondary N) is 2. The van der Waals surface area contributed by atoms with Gasteiger partial charge in [-0.1, -0.05) is 41.6 Å². The zero-order chi connectivity index (χ0) is 19.6. The number of rotatable bonds is 5. The molecule has 3 N–H and O–H groups in total. The Hall–Kier alpha value is -2.58. The van der Waals surface area contributed by atoms with Gasteiger partial charge in [0.2, 0.25) is 0 Å². The van der Waals surface area contributed by atoms with Crippen LogP contribution in [0.3, 0.4) is 0 Å². The molecule has 7 nitrogen and oxygen atoms in total. The van der Waals surface area contributed by atoms with Crippen molar-refractivity contribution in [2.45, 2.75) is 0 Å². The quantitative estimate of drug-likeness (QED) is 0.401. The molecule has 0 saturated carbocycles. The zero-order valence-corrected chi connectivity index (χ0v) is 18.5. The number of oxime groups is 1. The van der Waals surface area contributed by atoms with Crippen molar-refractivity contribution in [3.8, 4) is 5.88 Å². The Balaban J connectivity index is 0.00000136. The van der Waals surface area contributed by atoms with Crippen molar-refractivity contribution in [3.63, 3.8) is 0 Å². The number of nitrogens with zero attached hydrogens (tertiary/aromatic N) is 3. The molecular weight excluding hydrogens is 437 g/mol. The second-order valence-electron chi connectivity index (χ2n) is 7.24. The van der Waals surface area contributed by atoms with Crippen molar-refractivity contribution in [2.75, 3.05) is 39.3 Å². The number of piperazine rings is 1. The van der Waals surface area contributed by atoms with Crippen molar-refractivity contribution < 1.29 is 9.94 Å². The van der Waals surface area contributed by atoms with Crippen LogP contribution in [0.4, 0.5) is 5.69 Å². The van der Waals surface area contributed by atoms with Gasteiger partial charge in [-0.05, 0) is 12.1 Å². The van der Waals surface area contributed by atoms with Crippen molar-refractivity contribution in [2.24, 2.45) is 10.1 Å². The first-order valence-corrected chi connectivity index (χ1v) is 9.93. The van der Waals surface area contributed by atoms with E-state index in [-0.39, 0.29) is 30.7 Å². The Kier molecular flexibility index (Phi) is 7.56. The van der Waals surface area contributed by atoms with E-state index in [4.69, 9.17) is 9.83 Å². The summed E-state index contributed by atoms with van der Waals surface area (Å²) in [6.45, 7) is 5.43. The lowest BCUT2D eigenvalue weighted by Gasteiger charge is -2.26. The smallest absolute Gasteiger partial charge is 0.199 e. The molecular formula is C22H25Cl2N5O2. The molecule has 0 amide bonds. The van der Waals surface area contributed by atoms with E-state index in [1.165, 1.54) is 0 Å². The van der Waals surface area contributed by atoms with Crippen LogP contribution in [0.5, 0.6) is 5.88 Å². The van der Waals surface area contributed by atoms with Gasteiger partial charge in [-0.3, -0.25) is 4.90 Å². The minimum Gasteiger partial charge on any atom is -0.494 e. The van der Waals surface area contributed by atoms with Crippen LogP contribution in [0.15, 0.2) is 58.7 Å². The monoisotopic (exact) mass is 461 g/mol. The van der Waals surface area contributed by atoms with Crippen molar-refractivity contribution in [3.05, 3.63) is 59.7 Å². The highest BCUT2D eigenvalue weighted by atomic mass is 35.5. The third kappa shape index (κ3) is 4.55. The molecule has 2 aliphatic heterocycles. The van der Waals surface area contributed by atoms with Crippen molar-refractivity contribution >= 4 is 52.8 Å². The topological polar surface area (TPSA) is 85.2 Å². The third-order valence-electron chi connectivity index (χ3n) is 5.40. The van der Waals surface area contributed by atoms with Crippen LogP contribution >= 0.6 is 24.8 Å². The standard InChI is InChI=1S/C22H23N5O2.2ClH/c28-22-19(15-5-1-3-7-17(15)25-22)21-20(16-6-2-4-8-18(16)24-21)26-29-14-13-27-11-9-23-10-12-27;;/h1-8,23,25,28H,9-14H2;2*1H/b26-20+;;. The van der Waals surface area contributed by atoms with E-state index >= 15 is 0 Å². The number of benzene rings is 2. The molecule has 1 aromatic heterocycles. The molecule has 0 radical (unpaired) electrons. The summed E-state index contributed by atoms with van der Waals surface area (Å²) in [7, 11) is 0. The van der Waals surface area contributed by atoms with Gasteiger partial charge in [-0.25, -0.2) is 4.99 Å². The largest absolute Gasteiger partial charge is 0.494 e. The summed E-state index contributed by atoms with van der Waals surface area (Å²) < 4.78 is 0. The van der Waals surface area contributed by atoms with E-state index in [1.54, 1.807) is 0 Å². The van der Waals surface area contributed by atoms with E-state index < -0.39 is 0 Å². The average Bonchev–Trinajstić information content (AvgIpc) is 3.28. The first-order chi connectivity index (χ1) is 14.3. The number of H-pyrrole nitrogens is 1. The number of aromatic nitrogens is 1. The predicted molar refractivity (Wildman–Crippen MR) is 129 cm³/mol.